The van der Waals surface area contributed by atoms with E-state index in [9.17, 15) is 19.7 Å². The third kappa shape index (κ3) is 4.11. The van der Waals surface area contributed by atoms with Crippen LogP contribution in [0.2, 0.25) is 0 Å². The maximum Gasteiger partial charge on any atom is 0.271 e. The van der Waals surface area contributed by atoms with Gasteiger partial charge >= 0.3 is 0 Å². The molecule has 2 aromatic carbocycles. The summed E-state index contributed by atoms with van der Waals surface area (Å²) in [4.78, 5) is 38.8. The van der Waals surface area contributed by atoms with Crippen molar-refractivity contribution >= 4 is 23.2 Å². The summed E-state index contributed by atoms with van der Waals surface area (Å²) in [5.74, 6) is -0.312. The Morgan fingerprint density at radius 1 is 1.25 bits per heavy atom. The Labute approximate surface area is 162 Å². The van der Waals surface area contributed by atoms with Gasteiger partial charge in [-0.15, -0.1) is 0 Å². The molecular formula is C20H21N3O5. The van der Waals surface area contributed by atoms with E-state index < -0.39 is 10.8 Å². The van der Waals surface area contributed by atoms with Crippen molar-refractivity contribution in [3.8, 4) is 5.75 Å². The molecule has 0 aliphatic carbocycles. The van der Waals surface area contributed by atoms with Gasteiger partial charge in [0, 0.05) is 24.7 Å². The molecule has 1 aliphatic heterocycles. The number of hydrogen-bond acceptors (Lipinski definition) is 5. The predicted molar refractivity (Wildman–Crippen MR) is 103 cm³/mol. The van der Waals surface area contributed by atoms with Gasteiger partial charge in [-0.3, -0.25) is 24.6 Å². The number of amides is 2. The van der Waals surface area contributed by atoms with Crippen molar-refractivity contribution < 1.29 is 19.2 Å². The van der Waals surface area contributed by atoms with Crippen molar-refractivity contribution in [3.63, 3.8) is 0 Å². The Bertz CT molecular complexity index is 898. The second-order valence-corrected chi connectivity index (χ2v) is 6.78. The Hall–Kier alpha value is -3.42. The van der Waals surface area contributed by atoms with Gasteiger partial charge in [0.25, 0.3) is 11.6 Å². The molecule has 3 rings (SSSR count). The molecule has 8 nitrogen and oxygen atoms in total. The molecule has 1 heterocycles. The van der Waals surface area contributed by atoms with Crippen molar-refractivity contribution in [2.45, 2.75) is 26.4 Å². The highest BCUT2D eigenvalue weighted by Crippen LogP contribution is 2.35. The van der Waals surface area contributed by atoms with Crippen LogP contribution in [0.15, 0.2) is 48.5 Å². The lowest BCUT2D eigenvalue weighted by Crippen LogP contribution is -2.48. The summed E-state index contributed by atoms with van der Waals surface area (Å²) in [6.45, 7) is 3.80. The predicted octanol–water partition coefficient (Wildman–Crippen LogP) is 2.76. The summed E-state index contributed by atoms with van der Waals surface area (Å²) >= 11 is 0. The average molecular weight is 383 g/mol. The van der Waals surface area contributed by atoms with Crippen LogP contribution < -0.4 is 9.64 Å². The van der Waals surface area contributed by atoms with Crippen LogP contribution in [0.1, 0.15) is 19.4 Å². The maximum atomic E-state index is 13.0. The first-order valence-electron chi connectivity index (χ1n) is 8.92. The van der Waals surface area contributed by atoms with Crippen molar-refractivity contribution in [1.29, 1.82) is 0 Å². The number of ether oxygens (including phenoxy) is 1. The van der Waals surface area contributed by atoms with Crippen LogP contribution in [-0.4, -0.2) is 40.8 Å². The van der Waals surface area contributed by atoms with E-state index in [1.165, 1.54) is 23.1 Å². The first-order valence-corrected chi connectivity index (χ1v) is 8.92. The van der Waals surface area contributed by atoms with Crippen LogP contribution in [0.4, 0.5) is 11.4 Å². The Balaban J connectivity index is 1.85. The number of carbonyl (C=O) groups excluding carboxylic acids is 2. The number of benzene rings is 2. The summed E-state index contributed by atoms with van der Waals surface area (Å²) in [5.41, 5.74) is 1.05. The van der Waals surface area contributed by atoms with Crippen molar-refractivity contribution in [3.05, 3.63) is 64.2 Å². The highest BCUT2D eigenvalue weighted by Gasteiger charge is 2.31. The fourth-order valence-electron chi connectivity index (χ4n) is 3.04. The van der Waals surface area contributed by atoms with Gasteiger partial charge < -0.3 is 9.64 Å². The van der Waals surface area contributed by atoms with Gasteiger partial charge in [-0.1, -0.05) is 30.3 Å². The fraction of sp³-hybridized carbons (Fsp3) is 0.300. The van der Waals surface area contributed by atoms with Gasteiger partial charge in [-0.25, -0.2) is 0 Å². The number of fused-ring (bicyclic) bond motifs is 1. The molecule has 0 N–H and O–H groups in total. The Morgan fingerprint density at radius 3 is 2.61 bits per heavy atom. The number of hydrogen-bond donors (Lipinski definition) is 0. The van der Waals surface area contributed by atoms with Gasteiger partial charge in [0.1, 0.15) is 12.3 Å². The van der Waals surface area contributed by atoms with E-state index in [2.05, 4.69) is 0 Å². The molecule has 0 aromatic heterocycles. The zero-order valence-corrected chi connectivity index (χ0v) is 15.7. The van der Waals surface area contributed by atoms with E-state index >= 15 is 0 Å². The SMILES string of the molecule is CC(C)N(Cc1ccccc1)C(=O)CN1C(=O)COc2ccc([N+](=O)[O-])cc21. The summed E-state index contributed by atoms with van der Waals surface area (Å²) in [6.07, 6.45) is 0. The van der Waals surface area contributed by atoms with E-state index in [1.807, 2.05) is 44.2 Å². The van der Waals surface area contributed by atoms with E-state index in [4.69, 9.17) is 4.74 Å². The average Bonchev–Trinajstić information content (AvgIpc) is 2.68. The van der Waals surface area contributed by atoms with Crippen LogP contribution in [0.25, 0.3) is 0 Å². The largest absolute Gasteiger partial charge is 0.482 e. The highest BCUT2D eigenvalue weighted by molar-refractivity contribution is 6.02. The van der Waals surface area contributed by atoms with Gasteiger partial charge in [-0.05, 0) is 25.5 Å². The summed E-state index contributed by atoms with van der Waals surface area (Å²) < 4.78 is 5.35. The molecule has 0 atom stereocenters. The highest BCUT2D eigenvalue weighted by atomic mass is 16.6. The number of non-ortho nitro benzene ring substituents is 1. The summed E-state index contributed by atoms with van der Waals surface area (Å²) in [7, 11) is 0. The standard InChI is InChI=1S/C20H21N3O5/c1-14(2)21(11-15-6-4-3-5-7-15)19(24)12-22-17-10-16(23(26)27)8-9-18(17)28-13-20(22)25/h3-10,14H,11-13H2,1-2H3. The minimum atomic E-state index is -0.546. The Morgan fingerprint density at radius 2 is 1.96 bits per heavy atom. The number of anilines is 1. The maximum absolute atomic E-state index is 13.0. The summed E-state index contributed by atoms with van der Waals surface area (Å²) in [6, 6.07) is 13.5. The lowest BCUT2D eigenvalue weighted by atomic mass is 10.1. The first kappa shape index (κ1) is 19.3. The van der Waals surface area contributed by atoms with E-state index in [1.54, 1.807) is 4.90 Å². The molecule has 2 amide bonds. The molecule has 0 spiro atoms. The van der Waals surface area contributed by atoms with Gasteiger partial charge in [0.15, 0.2) is 6.61 Å². The molecule has 2 aromatic rings. The lowest BCUT2D eigenvalue weighted by Gasteiger charge is -2.32. The molecular weight excluding hydrogens is 362 g/mol. The summed E-state index contributed by atoms with van der Waals surface area (Å²) in [5, 5.41) is 11.1. The van der Waals surface area contributed by atoms with E-state index in [-0.39, 0.29) is 36.5 Å². The Kier molecular flexibility index (Phi) is 5.58. The van der Waals surface area contributed by atoms with Crippen LogP contribution in [0.5, 0.6) is 5.75 Å². The molecule has 0 fully saturated rings. The lowest BCUT2D eigenvalue weighted by molar-refractivity contribution is -0.384. The van der Waals surface area contributed by atoms with E-state index in [0.29, 0.717) is 12.3 Å². The van der Waals surface area contributed by atoms with Crippen LogP contribution in [0.3, 0.4) is 0 Å². The number of nitro benzene ring substituents is 1. The fourth-order valence-corrected chi connectivity index (χ4v) is 3.04. The molecule has 0 saturated carbocycles. The normalized spacial score (nSPS) is 13.1. The van der Waals surface area contributed by atoms with Crippen LogP contribution in [-0.2, 0) is 16.1 Å². The van der Waals surface area contributed by atoms with Crippen molar-refractivity contribution in [2.24, 2.45) is 0 Å². The number of nitrogens with zero attached hydrogens (tertiary/aromatic N) is 3. The minimum absolute atomic E-state index is 0.0755. The van der Waals surface area contributed by atoms with Crippen LogP contribution >= 0.6 is 0 Å². The molecule has 0 unspecified atom stereocenters. The zero-order chi connectivity index (χ0) is 20.3. The molecule has 1 aliphatic rings. The third-order valence-corrected chi connectivity index (χ3v) is 4.53. The second kappa shape index (κ2) is 8.08. The van der Waals surface area contributed by atoms with Crippen molar-refractivity contribution in [1.82, 2.24) is 4.90 Å². The van der Waals surface area contributed by atoms with Gasteiger partial charge in [-0.2, -0.15) is 0 Å². The third-order valence-electron chi connectivity index (χ3n) is 4.53. The molecule has 146 valence electrons. The van der Waals surface area contributed by atoms with E-state index in [0.717, 1.165) is 5.56 Å². The van der Waals surface area contributed by atoms with Gasteiger partial charge in [0.05, 0.1) is 10.6 Å². The quantitative estimate of drug-likeness (QED) is 0.565. The number of carbonyl (C=O) groups is 2. The first-order chi connectivity index (χ1) is 13.4. The molecule has 0 radical (unpaired) electrons. The number of rotatable bonds is 6. The molecule has 0 saturated heterocycles. The zero-order valence-electron chi connectivity index (χ0n) is 15.7. The number of nitro groups is 1. The second-order valence-electron chi connectivity index (χ2n) is 6.78. The topological polar surface area (TPSA) is 93.0 Å². The minimum Gasteiger partial charge on any atom is -0.482 e. The van der Waals surface area contributed by atoms with Crippen LogP contribution in [0, 0.1) is 10.1 Å². The molecule has 0 bridgehead atoms. The molecule has 28 heavy (non-hydrogen) atoms. The molecule has 8 heteroatoms. The van der Waals surface area contributed by atoms with Crippen molar-refractivity contribution in [2.75, 3.05) is 18.1 Å². The monoisotopic (exact) mass is 383 g/mol. The smallest absolute Gasteiger partial charge is 0.271 e. The van der Waals surface area contributed by atoms with Gasteiger partial charge in [0.2, 0.25) is 5.91 Å².